The molecule has 1 aromatic carbocycles. The molecule has 2 N–H and O–H groups in total. The van der Waals surface area contributed by atoms with Crippen LogP contribution in [0.25, 0.3) is 0 Å². The highest BCUT2D eigenvalue weighted by molar-refractivity contribution is 7.89. The Bertz CT molecular complexity index is 539. The van der Waals surface area contributed by atoms with Crippen molar-refractivity contribution in [3.8, 4) is 5.75 Å². The summed E-state index contributed by atoms with van der Waals surface area (Å²) in [5.74, 6) is 0.644. The Balaban J connectivity index is 2.13. The summed E-state index contributed by atoms with van der Waals surface area (Å²) in [6, 6.07) is 6.79. The second-order valence-corrected chi connectivity index (χ2v) is 7.20. The van der Waals surface area contributed by atoms with E-state index in [1.807, 2.05) is 0 Å². The molecule has 0 bridgehead atoms. The molecule has 21 heavy (non-hydrogen) atoms. The summed E-state index contributed by atoms with van der Waals surface area (Å²) >= 11 is 0. The fraction of sp³-hybridized carbons (Fsp3) is 0.600. The predicted octanol–water partition coefficient (Wildman–Crippen LogP) is 1.98. The maximum Gasteiger partial charge on any atom is 0.243 e. The Hall–Kier alpha value is -1.11. The lowest BCUT2D eigenvalue weighted by molar-refractivity contribution is 0.328. The van der Waals surface area contributed by atoms with Gasteiger partial charge in [0.05, 0.1) is 4.90 Å². The van der Waals surface area contributed by atoms with Crippen molar-refractivity contribution in [1.29, 1.82) is 0 Å². The zero-order valence-electron chi connectivity index (χ0n) is 12.5. The number of hydrogen-bond donors (Lipinski definition) is 1. The first-order chi connectivity index (χ1) is 10.1. The van der Waals surface area contributed by atoms with E-state index in [0.29, 0.717) is 30.3 Å². The molecule has 0 atom stereocenters. The SMILES string of the molecule is CCCCN(C1CC1)S(=O)(=O)c1ccc(OCCN)cc1. The van der Waals surface area contributed by atoms with E-state index in [1.54, 1.807) is 28.6 Å². The van der Waals surface area contributed by atoms with E-state index < -0.39 is 10.0 Å². The summed E-state index contributed by atoms with van der Waals surface area (Å²) in [4.78, 5) is 0.339. The third-order valence-electron chi connectivity index (χ3n) is 3.50. The molecule has 0 aromatic heterocycles. The monoisotopic (exact) mass is 312 g/mol. The molecule has 0 amide bonds. The second-order valence-electron chi connectivity index (χ2n) is 5.31. The van der Waals surface area contributed by atoms with Gasteiger partial charge in [-0.25, -0.2) is 8.42 Å². The van der Waals surface area contributed by atoms with Crippen LogP contribution in [0.3, 0.4) is 0 Å². The van der Waals surface area contributed by atoms with Crippen LogP contribution >= 0.6 is 0 Å². The van der Waals surface area contributed by atoms with Crippen molar-refractivity contribution in [2.75, 3.05) is 19.7 Å². The average molecular weight is 312 g/mol. The number of rotatable bonds is 9. The highest BCUT2D eigenvalue weighted by Crippen LogP contribution is 2.32. The predicted molar refractivity (Wildman–Crippen MR) is 82.8 cm³/mol. The molecular weight excluding hydrogens is 288 g/mol. The molecule has 118 valence electrons. The summed E-state index contributed by atoms with van der Waals surface area (Å²) < 4.78 is 32.5. The minimum Gasteiger partial charge on any atom is -0.492 e. The number of nitrogens with two attached hydrogens (primary N) is 1. The van der Waals surface area contributed by atoms with E-state index in [1.165, 1.54) is 0 Å². The molecule has 1 aliphatic rings. The molecule has 0 heterocycles. The van der Waals surface area contributed by atoms with E-state index in [0.717, 1.165) is 25.7 Å². The Morgan fingerprint density at radius 3 is 2.48 bits per heavy atom. The maximum absolute atomic E-state index is 12.7. The number of unbranched alkanes of at least 4 members (excludes halogenated alkanes) is 1. The van der Waals surface area contributed by atoms with Crippen LogP contribution in [0.15, 0.2) is 29.2 Å². The lowest BCUT2D eigenvalue weighted by atomic mass is 10.3. The first-order valence-corrected chi connectivity index (χ1v) is 8.98. The van der Waals surface area contributed by atoms with Gasteiger partial charge in [0, 0.05) is 19.1 Å². The second kappa shape index (κ2) is 7.24. The van der Waals surface area contributed by atoms with Gasteiger partial charge in [0.15, 0.2) is 0 Å². The van der Waals surface area contributed by atoms with Crippen molar-refractivity contribution in [2.24, 2.45) is 5.73 Å². The van der Waals surface area contributed by atoms with E-state index in [2.05, 4.69) is 6.92 Å². The Morgan fingerprint density at radius 2 is 1.95 bits per heavy atom. The van der Waals surface area contributed by atoms with Crippen LogP contribution in [-0.4, -0.2) is 38.5 Å². The fourth-order valence-electron chi connectivity index (χ4n) is 2.20. The summed E-state index contributed by atoms with van der Waals surface area (Å²) in [5.41, 5.74) is 5.37. The van der Waals surface area contributed by atoms with Crippen molar-refractivity contribution in [3.05, 3.63) is 24.3 Å². The Labute approximate surface area is 127 Å². The molecule has 0 unspecified atom stereocenters. The summed E-state index contributed by atoms with van der Waals surface area (Å²) in [5, 5.41) is 0. The smallest absolute Gasteiger partial charge is 0.243 e. The van der Waals surface area contributed by atoms with E-state index in [-0.39, 0.29) is 6.04 Å². The normalized spacial score (nSPS) is 15.4. The van der Waals surface area contributed by atoms with Crippen LogP contribution in [0, 0.1) is 0 Å². The van der Waals surface area contributed by atoms with Crippen LogP contribution < -0.4 is 10.5 Å². The van der Waals surface area contributed by atoms with Gasteiger partial charge in [0.25, 0.3) is 0 Å². The topological polar surface area (TPSA) is 72.6 Å². The Kier molecular flexibility index (Phi) is 5.61. The van der Waals surface area contributed by atoms with Gasteiger partial charge in [0.2, 0.25) is 10.0 Å². The minimum absolute atomic E-state index is 0.190. The van der Waals surface area contributed by atoms with Gasteiger partial charge in [-0.05, 0) is 43.5 Å². The zero-order valence-corrected chi connectivity index (χ0v) is 13.3. The highest BCUT2D eigenvalue weighted by atomic mass is 32.2. The summed E-state index contributed by atoms with van der Waals surface area (Å²) in [6.07, 6.45) is 3.83. The van der Waals surface area contributed by atoms with Crippen molar-refractivity contribution in [1.82, 2.24) is 4.31 Å². The van der Waals surface area contributed by atoms with Gasteiger partial charge in [-0.2, -0.15) is 4.31 Å². The first-order valence-electron chi connectivity index (χ1n) is 7.54. The van der Waals surface area contributed by atoms with Crippen LogP contribution in [0.4, 0.5) is 0 Å². The quantitative estimate of drug-likeness (QED) is 0.757. The van der Waals surface area contributed by atoms with E-state index in [4.69, 9.17) is 10.5 Å². The molecule has 2 rings (SSSR count). The third-order valence-corrected chi connectivity index (χ3v) is 5.47. The molecule has 0 radical (unpaired) electrons. The van der Waals surface area contributed by atoms with E-state index in [9.17, 15) is 8.42 Å². The molecule has 1 saturated carbocycles. The molecule has 5 nitrogen and oxygen atoms in total. The van der Waals surface area contributed by atoms with Crippen LogP contribution in [0.1, 0.15) is 32.6 Å². The molecular formula is C15H24N2O3S. The van der Waals surface area contributed by atoms with Crippen molar-refractivity contribution in [3.63, 3.8) is 0 Å². The molecule has 0 aliphatic heterocycles. The molecule has 0 saturated heterocycles. The van der Waals surface area contributed by atoms with Gasteiger partial charge in [-0.15, -0.1) is 0 Å². The summed E-state index contributed by atoms with van der Waals surface area (Å²) in [6.45, 7) is 3.54. The van der Waals surface area contributed by atoms with Gasteiger partial charge in [-0.1, -0.05) is 13.3 Å². The minimum atomic E-state index is -3.39. The number of sulfonamides is 1. The van der Waals surface area contributed by atoms with Crippen LogP contribution in [0.5, 0.6) is 5.75 Å². The molecule has 0 spiro atoms. The van der Waals surface area contributed by atoms with Crippen molar-refractivity contribution >= 4 is 10.0 Å². The molecule has 1 aliphatic carbocycles. The standard InChI is InChI=1S/C15H24N2O3S/c1-2-3-11-17(13-4-5-13)21(18,19)15-8-6-14(7-9-15)20-12-10-16/h6-9,13H,2-5,10-12,16H2,1H3. The lowest BCUT2D eigenvalue weighted by Gasteiger charge is -2.21. The number of ether oxygens (including phenoxy) is 1. The summed E-state index contributed by atoms with van der Waals surface area (Å²) in [7, 11) is -3.39. The maximum atomic E-state index is 12.7. The zero-order chi connectivity index (χ0) is 15.3. The van der Waals surface area contributed by atoms with Crippen molar-refractivity contribution in [2.45, 2.75) is 43.5 Å². The van der Waals surface area contributed by atoms with Gasteiger partial charge >= 0.3 is 0 Å². The number of hydrogen-bond acceptors (Lipinski definition) is 4. The first kappa shape index (κ1) is 16.3. The largest absolute Gasteiger partial charge is 0.492 e. The average Bonchev–Trinajstić information content (AvgIpc) is 3.30. The van der Waals surface area contributed by atoms with Gasteiger partial charge < -0.3 is 10.5 Å². The molecule has 6 heteroatoms. The van der Waals surface area contributed by atoms with Crippen LogP contribution in [0.2, 0.25) is 0 Å². The molecule has 1 aromatic rings. The van der Waals surface area contributed by atoms with Gasteiger partial charge in [0.1, 0.15) is 12.4 Å². The third kappa shape index (κ3) is 4.18. The number of nitrogens with zero attached hydrogens (tertiary/aromatic N) is 1. The fourth-order valence-corrected chi connectivity index (χ4v) is 3.92. The van der Waals surface area contributed by atoms with E-state index >= 15 is 0 Å². The van der Waals surface area contributed by atoms with Crippen LogP contribution in [-0.2, 0) is 10.0 Å². The number of benzene rings is 1. The highest BCUT2D eigenvalue weighted by Gasteiger charge is 2.37. The Morgan fingerprint density at radius 1 is 1.29 bits per heavy atom. The van der Waals surface area contributed by atoms with Crippen molar-refractivity contribution < 1.29 is 13.2 Å². The molecule has 1 fully saturated rings. The lowest BCUT2D eigenvalue weighted by Crippen LogP contribution is -2.34. The van der Waals surface area contributed by atoms with Gasteiger partial charge in [-0.3, -0.25) is 0 Å².